The molecule has 5 nitrogen and oxygen atoms in total. The van der Waals surface area contributed by atoms with Gasteiger partial charge in [0.1, 0.15) is 0 Å². The van der Waals surface area contributed by atoms with E-state index in [1.807, 2.05) is 4.90 Å². The average Bonchev–Trinajstić information content (AvgIpc) is 3.06. The number of ether oxygens (including phenoxy) is 1. The monoisotopic (exact) mass is 299 g/mol. The molecule has 0 unspecified atom stereocenters. The van der Waals surface area contributed by atoms with Crippen molar-refractivity contribution in [3.8, 4) is 0 Å². The van der Waals surface area contributed by atoms with Crippen LogP contribution in [0.4, 0.5) is 0 Å². The molecule has 1 amide bonds. The van der Waals surface area contributed by atoms with Crippen LogP contribution in [0.5, 0.6) is 0 Å². The number of methoxy groups -OCH3 is 1. The Morgan fingerprint density at radius 2 is 1.78 bits per heavy atom. The first-order valence-electron chi connectivity index (χ1n) is 5.95. The van der Waals surface area contributed by atoms with Gasteiger partial charge in [0.25, 0.3) is 0 Å². The van der Waals surface area contributed by atoms with Crippen molar-refractivity contribution in [3.63, 3.8) is 0 Å². The van der Waals surface area contributed by atoms with Crippen LogP contribution in [0.15, 0.2) is 0 Å². The third-order valence-electron chi connectivity index (χ3n) is 3.49. The van der Waals surface area contributed by atoms with Crippen molar-refractivity contribution in [2.24, 2.45) is 5.73 Å². The number of carbonyl (C=O) groups excluding carboxylic acids is 1. The van der Waals surface area contributed by atoms with E-state index in [0.717, 1.165) is 52.2 Å². The molecular formula is C11H23Cl2N3O2. The Bertz CT molecular complexity index is 267. The van der Waals surface area contributed by atoms with Gasteiger partial charge in [0.15, 0.2) is 0 Å². The number of piperazine rings is 1. The molecule has 2 N–H and O–H groups in total. The molecule has 0 spiro atoms. The summed E-state index contributed by atoms with van der Waals surface area (Å²) >= 11 is 0. The normalized spacial score (nSPS) is 21.8. The maximum Gasteiger partial charge on any atom is 0.242 e. The number of nitrogens with zero attached hydrogens (tertiary/aromatic N) is 2. The Morgan fingerprint density at radius 1 is 1.22 bits per heavy atom. The minimum atomic E-state index is -0.505. The van der Waals surface area contributed by atoms with Crippen LogP contribution >= 0.6 is 24.8 Å². The fourth-order valence-corrected chi connectivity index (χ4v) is 2.06. The molecule has 1 aliphatic carbocycles. The molecular weight excluding hydrogens is 277 g/mol. The number of nitrogens with two attached hydrogens (primary N) is 1. The number of amides is 1. The number of rotatable bonds is 4. The van der Waals surface area contributed by atoms with E-state index in [2.05, 4.69) is 4.90 Å². The Labute approximate surface area is 121 Å². The summed E-state index contributed by atoms with van der Waals surface area (Å²) in [5.41, 5.74) is 5.41. The summed E-state index contributed by atoms with van der Waals surface area (Å²) in [6.45, 7) is 5.19. The van der Waals surface area contributed by atoms with Crippen molar-refractivity contribution in [1.29, 1.82) is 0 Å². The maximum absolute atomic E-state index is 12.0. The summed E-state index contributed by atoms with van der Waals surface area (Å²) in [7, 11) is 1.71. The minimum absolute atomic E-state index is 0. The van der Waals surface area contributed by atoms with Gasteiger partial charge in [-0.05, 0) is 12.8 Å². The van der Waals surface area contributed by atoms with Crippen molar-refractivity contribution >= 4 is 30.7 Å². The Morgan fingerprint density at radius 3 is 2.22 bits per heavy atom. The number of hydrogen-bond acceptors (Lipinski definition) is 4. The van der Waals surface area contributed by atoms with Gasteiger partial charge in [0.2, 0.25) is 5.91 Å². The quantitative estimate of drug-likeness (QED) is 0.801. The summed E-state index contributed by atoms with van der Waals surface area (Å²) in [5, 5.41) is 0. The van der Waals surface area contributed by atoms with Crippen LogP contribution in [0.1, 0.15) is 12.8 Å². The zero-order valence-corrected chi connectivity index (χ0v) is 12.4. The molecule has 0 bridgehead atoms. The van der Waals surface area contributed by atoms with Gasteiger partial charge in [0, 0.05) is 39.8 Å². The first-order valence-corrected chi connectivity index (χ1v) is 5.95. The smallest absolute Gasteiger partial charge is 0.242 e. The largest absolute Gasteiger partial charge is 0.383 e. The summed E-state index contributed by atoms with van der Waals surface area (Å²) in [5.74, 6) is 0.152. The van der Waals surface area contributed by atoms with Crippen LogP contribution in [0, 0.1) is 0 Å². The summed E-state index contributed by atoms with van der Waals surface area (Å²) in [6.07, 6.45) is 1.71. The van der Waals surface area contributed by atoms with Crippen LogP contribution in [-0.4, -0.2) is 67.7 Å². The van der Waals surface area contributed by atoms with E-state index in [-0.39, 0.29) is 30.7 Å². The van der Waals surface area contributed by atoms with Gasteiger partial charge < -0.3 is 15.4 Å². The van der Waals surface area contributed by atoms with Crippen molar-refractivity contribution in [2.75, 3.05) is 46.4 Å². The highest BCUT2D eigenvalue weighted by molar-refractivity contribution is 5.89. The summed E-state index contributed by atoms with van der Waals surface area (Å²) in [4.78, 5) is 16.2. The second kappa shape index (κ2) is 7.50. The van der Waals surface area contributed by atoms with Crippen molar-refractivity contribution in [3.05, 3.63) is 0 Å². The van der Waals surface area contributed by atoms with E-state index < -0.39 is 5.54 Å². The SMILES string of the molecule is COCCN1CCN(C(=O)C2(N)CC2)CC1.Cl.Cl. The molecule has 108 valence electrons. The first-order chi connectivity index (χ1) is 7.65. The van der Waals surface area contributed by atoms with Crippen LogP contribution < -0.4 is 5.73 Å². The fourth-order valence-electron chi connectivity index (χ4n) is 2.06. The molecule has 0 aromatic heterocycles. The predicted molar refractivity (Wildman–Crippen MR) is 75.5 cm³/mol. The lowest BCUT2D eigenvalue weighted by Crippen LogP contribution is -2.54. The van der Waals surface area contributed by atoms with Crippen molar-refractivity contribution < 1.29 is 9.53 Å². The van der Waals surface area contributed by atoms with Gasteiger partial charge in [-0.15, -0.1) is 24.8 Å². The Hall–Kier alpha value is -0.0700. The standard InChI is InChI=1S/C11H21N3O2.2ClH/c1-16-9-8-13-4-6-14(7-5-13)10(15)11(12)2-3-11;;/h2-9,12H2,1H3;2*1H. The number of halogens is 2. The second-order valence-electron chi connectivity index (χ2n) is 4.78. The summed E-state index contributed by atoms with van der Waals surface area (Å²) < 4.78 is 5.04. The molecule has 2 aliphatic rings. The molecule has 0 atom stereocenters. The molecule has 0 aromatic rings. The van der Waals surface area contributed by atoms with Gasteiger partial charge in [-0.2, -0.15) is 0 Å². The van der Waals surface area contributed by atoms with Crippen molar-refractivity contribution in [1.82, 2.24) is 9.80 Å². The molecule has 1 aliphatic heterocycles. The summed E-state index contributed by atoms with van der Waals surface area (Å²) in [6, 6.07) is 0. The molecule has 2 fully saturated rings. The van der Waals surface area contributed by atoms with Gasteiger partial charge in [-0.3, -0.25) is 9.69 Å². The van der Waals surface area contributed by atoms with Crippen LogP contribution in [0.2, 0.25) is 0 Å². The first kappa shape index (κ1) is 17.9. The highest BCUT2D eigenvalue weighted by atomic mass is 35.5. The molecule has 1 heterocycles. The van der Waals surface area contributed by atoms with Crippen molar-refractivity contribution in [2.45, 2.75) is 18.4 Å². The topological polar surface area (TPSA) is 58.8 Å². The molecule has 18 heavy (non-hydrogen) atoms. The third-order valence-corrected chi connectivity index (χ3v) is 3.49. The molecule has 0 radical (unpaired) electrons. The fraction of sp³-hybridized carbons (Fsp3) is 0.909. The second-order valence-corrected chi connectivity index (χ2v) is 4.78. The molecule has 0 aromatic carbocycles. The molecule has 7 heteroatoms. The van der Waals surface area contributed by atoms with E-state index in [1.165, 1.54) is 0 Å². The number of hydrogen-bond donors (Lipinski definition) is 1. The molecule has 1 saturated heterocycles. The van der Waals surface area contributed by atoms with Gasteiger partial charge >= 0.3 is 0 Å². The van der Waals surface area contributed by atoms with Crippen LogP contribution in [0.25, 0.3) is 0 Å². The maximum atomic E-state index is 12.0. The van der Waals surface area contributed by atoms with E-state index >= 15 is 0 Å². The zero-order valence-electron chi connectivity index (χ0n) is 10.8. The van der Waals surface area contributed by atoms with Gasteiger partial charge in [0.05, 0.1) is 12.1 Å². The molecule has 1 saturated carbocycles. The average molecular weight is 300 g/mol. The Kier molecular flexibility index (Phi) is 7.47. The highest BCUT2D eigenvalue weighted by Gasteiger charge is 2.48. The van der Waals surface area contributed by atoms with E-state index in [4.69, 9.17) is 10.5 Å². The lowest BCUT2D eigenvalue weighted by atomic mass is 10.2. The minimum Gasteiger partial charge on any atom is -0.383 e. The van der Waals surface area contributed by atoms with E-state index in [1.54, 1.807) is 7.11 Å². The van der Waals surface area contributed by atoms with Crippen LogP contribution in [0.3, 0.4) is 0 Å². The highest BCUT2D eigenvalue weighted by Crippen LogP contribution is 2.34. The van der Waals surface area contributed by atoms with Crippen LogP contribution in [-0.2, 0) is 9.53 Å². The van der Waals surface area contributed by atoms with E-state index in [9.17, 15) is 4.79 Å². The van der Waals surface area contributed by atoms with E-state index in [0.29, 0.717) is 0 Å². The Balaban J connectivity index is 0.00000144. The third kappa shape index (κ3) is 4.24. The number of carbonyl (C=O) groups is 1. The molecule has 2 rings (SSSR count). The van der Waals surface area contributed by atoms with Gasteiger partial charge in [-0.1, -0.05) is 0 Å². The van der Waals surface area contributed by atoms with Gasteiger partial charge in [-0.25, -0.2) is 0 Å². The predicted octanol–water partition coefficient (Wildman–Crippen LogP) is 0.112. The zero-order chi connectivity index (χ0) is 11.6. The lowest BCUT2D eigenvalue weighted by Gasteiger charge is -2.35. The lowest BCUT2D eigenvalue weighted by molar-refractivity contribution is -0.135.